The lowest BCUT2D eigenvalue weighted by molar-refractivity contribution is -0.118. The van der Waals surface area contributed by atoms with Crippen LogP contribution >= 0.6 is 11.6 Å². The van der Waals surface area contributed by atoms with Gasteiger partial charge in [0.15, 0.2) is 0 Å². The molecule has 2 aromatic carbocycles. The van der Waals surface area contributed by atoms with Gasteiger partial charge in [-0.2, -0.15) is 0 Å². The van der Waals surface area contributed by atoms with Gasteiger partial charge in [0.2, 0.25) is 5.91 Å². The molecule has 0 radical (unpaired) electrons. The van der Waals surface area contributed by atoms with Gasteiger partial charge < -0.3 is 5.32 Å². The molecule has 1 amide bonds. The summed E-state index contributed by atoms with van der Waals surface area (Å²) in [6, 6.07) is 11.5. The highest BCUT2D eigenvalue weighted by molar-refractivity contribution is 6.30. The van der Waals surface area contributed by atoms with Gasteiger partial charge >= 0.3 is 0 Å². The minimum Gasteiger partial charge on any atom is -0.325 e. The van der Waals surface area contributed by atoms with Gasteiger partial charge in [0.1, 0.15) is 5.82 Å². The Labute approximate surface area is 127 Å². The van der Waals surface area contributed by atoms with Crippen LogP contribution in [0.1, 0.15) is 24.0 Å². The lowest BCUT2D eigenvalue weighted by atomic mass is 9.94. The van der Waals surface area contributed by atoms with Crippen molar-refractivity contribution in [3.8, 4) is 0 Å². The largest absolute Gasteiger partial charge is 0.325 e. The first-order valence-electron chi connectivity index (χ1n) is 6.85. The zero-order valence-electron chi connectivity index (χ0n) is 11.6. The molecule has 3 rings (SSSR count). The molecule has 0 unspecified atom stereocenters. The molecule has 2 nitrogen and oxygen atoms in total. The molecule has 108 valence electrons. The second-order valence-corrected chi connectivity index (χ2v) is 5.94. The van der Waals surface area contributed by atoms with Gasteiger partial charge in [-0.05, 0) is 61.2 Å². The molecule has 0 bridgehead atoms. The van der Waals surface area contributed by atoms with E-state index in [0.29, 0.717) is 5.02 Å². The number of halogens is 2. The van der Waals surface area contributed by atoms with Crippen LogP contribution in [0.25, 0.3) is 0 Å². The van der Waals surface area contributed by atoms with E-state index in [2.05, 4.69) is 5.32 Å². The van der Waals surface area contributed by atoms with E-state index in [1.54, 1.807) is 24.3 Å². The molecule has 21 heavy (non-hydrogen) atoms. The number of benzene rings is 2. The Morgan fingerprint density at radius 3 is 2.43 bits per heavy atom. The normalized spacial score (nSPS) is 15.6. The molecule has 0 atom stereocenters. The predicted molar refractivity (Wildman–Crippen MR) is 82.1 cm³/mol. The van der Waals surface area contributed by atoms with E-state index in [4.69, 9.17) is 11.6 Å². The molecule has 0 aliphatic heterocycles. The lowest BCUT2D eigenvalue weighted by Crippen LogP contribution is -2.28. The SMILES string of the molecule is Cc1cc(Cl)ccc1NC(=O)C1(c2ccc(F)cc2)CC1. The molecule has 1 saturated carbocycles. The molecule has 4 heteroatoms. The summed E-state index contributed by atoms with van der Waals surface area (Å²) in [6.45, 7) is 1.90. The van der Waals surface area contributed by atoms with Gasteiger partial charge in [-0.15, -0.1) is 0 Å². The molecule has 1 aliphatic carbocycles. The van der Waals surface area contributed by atoms with E-state index in [0.717, 1.165) is 29.7 Å². The Kier molecular flexibility index (Phi) is 3.46. The van der Waals surface area contributed by atoms with Crippen molar-refractivity contribution in [2.24, 2.45) is 0 Å². The summed E-state index contributed by atoms with van der Waals surface area (Å²) >= 11 is 5.92. The third kappa shape index (κ3) is 2.66. The van der Waals surface area contributed by atoms with Crippen LogP contribution in [-0.4, -0.2) is 5.91 Å². The van der Waals surface area contributed by atoms with Crippen LogP contribution in [-0.2, 0) is 10.2 Å². The Bertz CT molecular complexity index is 692. The minimum atomic E-state index is -0.514. The van der Waals surface area contributed by atoms with Crippen molar-refractivity contribution >= 4 is 23.2 Å². The molecule has 0 spiro atoms. The standard InChI is InChI=1S/C17H15ClFNO/c1-11-10-13(18)4-7-15(11)20-16(21)17(8-9-17)12-2-5-14(19)6-3-12/h2-7,10H,8-9H2,1H3,(H,20,21). The van der Waals surface area contributed by atoms with Crippen LogP contribution in [0.4, 0.5) is 10.1 Å². The van der Waals surface area contributed by atoms with Crippen molar-refractivity contribution < 1.29 is 9.18 Å². The number of hydrogen-bond acceptors (Lipinski definition) is 1. The van der Waals surface area contributed by atoms with Crippen LogP contribution < -0.4 is 5.32 Å². The lowest BCUT2D eigenvalue weighted by Gasteiger charge is -2.17. The molecule has 1 N–H and O–H groups in total. The van der Waals surface area contributed by atoms with E-state index >= 15 is 0 Å². The molecule has 1 aliphatic rings. The number of carbonyl (C=O) groups excluding carboxylic acids is 1. The van der Waals surface area contributed by atoms with E-state index in [-0.39, 0.29) is 11.7 Å². The predicted octanol–water partition coefficient (Wildman–Crippen LogP) is 4.46. The molecule has 0 aromatic heterocycles. The Morgan fingerprint density at radius 1 is 1.19 bits per heavy atom. The van der Waals surface area contributed by atoms with E-state index in [1.807, 2.05) is 13.0 Å². The van der Waals surface area contributed by atoms with Crippen molar-refractivity contribution in [3.63, 3.8) is 0 Å². The fourth-order valence-electron chi connectivity index (χ4n) is 2.55. The van der Waals surface area contributed by atoms with Crippen molar-refractivity contribution in [2.45, 2.75) is 25.2 Å². The van der Waals surface area contributed by atoms with Crippen LogP contribution in [0.3, 0.4) is 0 Å². The third-order valence-corrected chi connectivity index (χ3v) is 4.25. The van der Waals surface area contributed by atoms with Gasteiger partial charge in [-0.3, -0.25) is 4.79 Å². The maximum atomic E-state index is 13.0. The van der Waals surface area contributed by atoms with Crippen LogP contribution in [0.15, 0.2) is 42.5 Å². The van der Waals surface area contributed by atoms with Gasteiger partial charge in [0, 0.05) is 10.7 Å². The number of hydrogen-bond donors (Lipinski definition) is 1. The minimum absolute atomic E-state index is 0.0421. The molecular weight excluding hydrogens is 289 g/mol. The van der Waals surface area contributed by atoms with E-state index in [9.17, 15) is 9.18 Å². The van der Waals surface area contributed by atoms with Crippen LogP contribution in [0.2, 0.25) is 5.02 Å². The fraction of sp³-hybridized carbons (Fsp3) is 0.235. The zero-order chi connectivity index (χ0) is 15.0. The van der Waals surface area contributed by atoms with Crippen molar-refractivity contribution in [3.05, 3.63) is 64.4 Å². The van der Waals surface area contributed by atoms with E-state index < -0.39 is 5.41 Å². The highest BCUT2D eigenvalue weighted by Crippen LogP contribution is 2.49. The van der Waals surface area contributed by atoms with Gasteiger partial charge in [-0.1, -0.05) is 23.7 Å². The summed E-state index contributed by atoms with van der Waals surface area (Å²) in [5.74, 6) is -0.331. The fourth-order valence-corrected chi connectivity index (χ4v) is 2.78. The first-order valence-corrected chi connectivity index (χ1v) is 7.23. The quantitative estimate of drug-likeness (QED) is 0.891. The number of carbonyl (C=O) groups is 1. The number of aryl methyl sites for hydroxylation is 1. The molecule has 0 heterocycles. The van der Waals surface area contributed by atoms with Gasteiger partial charge in [0.25, 0.3) is 0 Å². The number of anilines is 1. The smallest absolute Gasteiger partial charge is 0.235 e. The summed E-state index contributed by atoms with van der Waals surface area (Å²) < 4.78 is 13.0. The molecular formula is C17H15ClFNO. The first-order chi connectivity index (χ1) is 10.0. The Morgan fingerprint density at radius 2 is 1.86 bits per heavy atom. The summed E-state index contributed by atoms with van der Waals surface area (Å²) in [5, 5.41) is 3.61. The second-order valence-electron chi connectivity index (χ2n) is 5.50. The second kappa shape index (κ2) is 5.15. The molecule has 2 aromatic rings. The molecule has 0 saturated heterocycles. The van der Waals surface area contributed by atoms with Gasteiger partial charge in [0.05, 0.1) is 5.41 Å². The number of nitrogens with one attached hydrogen (secondary N) is 1. The van der Waals surface area contributed by atoms with E-state index in [1.165, 1.54) is 12.1 Å². The van der Waals surface area contributed by atoms with Crippen molar-refractivity contribution in [1.82, 2.24) is 0 Å². The highest BCUT2D eigenvalue weighted by atomic mass is 35.5. The Balaban J connectivity index is 1.83. The van der Waals surface area contributed by atoms with Crippen LogP contribution in [0, 0.1) is 12.7 Å². The number of rotatable bonds is 3. The van der Waals surface area contributed by atoms with Crippen molar-refractivity contribution in [2.75, 3.05) is 5.32 Å². The monoisotopic (exact) mass is 303 g/mol. The summed E-state index contributed by atoms with van der Waals surface area (Å²) in [4.78, 5) is 12.6. The molecule has 1 fully saturated rings. The summed E-state index contributed by atoms with van der Waals surface area (Å²) in [7, 11) is 0. The van der Waals surface area contributed by atoms with Gasteiger partial charge in [-0.25, -0.2) is 4.39 Å². The third-order valence-electron chi connectivity index (χ3n) is 4.02. The zero-order valence-corrected chi connectivity index (χ0v) is 12.4. The average molecular weight is 304 g/mol. The topological polar surface area (TPSA) is 29.1 Å². The summed E-state index contributed by atoms with van der Waals surface area (Å²) in [5.41, 5.74) is 2.04. The first kappa shape index (κ1) is 14.1. The van der Waals surface area contributed by atoms with Crippen molar-refractivity contribution in [1.29, 1.82) is 0 Å². The Hall–Kier alpha value is -1.87. The average Bonchev–Trinajstić information content (AvgIpc) is 3.24. The summed E-state index contributed by atoms with van der Waals surface area (Å²) in [6.07, 6.45) is 1.58. The van der Waals surface area contributed by atoms with Crippen LogP contribution in [0.5, 0.6) is 0 Å². The maximum Gasteiger partial charge on any atom is 0.235 e. The maximum absolute atomic E-state index is 13.0. The highest BCUT2D eigenvalue weighted by Gasteiger charge is 2.51. The number of amides is 1.